The smallest absolute Gasteiger partial charge is 0.340 e. The lowest BCUT2D eigenvalue weighted by Gasteiger charge is -2.20. The van der Waals surface area contributed by atoms with Gasteiger partial charge < -0.3 is 9.64 Å². The van der Waals surface area contributed by atoms with Crippen molar-refractivity contribution in [2.24, 2.45) is 0 Å². The minimum absolute atomic E-state index is 0.218. The molecule has 2 aromatic rings. The molecule has 1 amide bonds. The summed E-state index contributed by atoms with van der Waals surface area (Å²) in [5, 5.41) is 0. The number of rotatable bonds is 6. The number of esters is 1. The first-order chi connectivity index (χ1) is 11.1. The van der Waals surface area contributed by atoms with E-state index in [0.717, 1.165) is 11.3 Å². The monoisotopic (exact) mass is 312 g/mol. The van der Waals surface area contributed by atoms with Crippen molar-refractivity contribution in [3.63, 3.8) is 0 Å². The number of amides is 1. The zero-order chi connectivity index (χ0) is 16.7. The van der Waals surface area contributed by atoms with E-state index in [1.807, 2.05) is 44.2 Å². The van der Waals surface area contributed by atoms with Gasteiger partial charge in [0, 0.05) is 25.0 Å². The number of ether oxygens (including phenoxy) is 1. The molecule has 0 radical (unpaired) electrons. The maximum atomic E-state index is 12.2. The summed E-state index contributed by atoms with van der Waals surface area (Å²) in [5.74, 6) is -0.758. The number of hydrogen-bond acceptors (Lipinski definition) is 4. The SMILES string of the molecule is CCN(Cc1ccccc1)C(=O)COC(=O)c1ccc(C)nc1. The zero-order valence-electron chi connectivity index (χ0n) is 13.4. The standard InChI is InChI=1S/C18H20N2O3/c1-3-20(12-15-7-5-4-6-8-15)17(21)13-23-18(22)16-10-9-14(2)19-11-16/h4-11H,3,12-13H2,1-2H3. The first kappa shape index (κ1) is 16.7. The van der Waals surface area contributed by atoms with Crippen molar-refractivity contribution in [2.45, 2.75) is 20.4 Å². The minimum Gasteiger partial charge on any atom is -0.452 e. The predicted molar refractivity (Wildman–Crippen MR) is 86.8 cm³/mol. The first-order valence-electron chi connectivity index (χ1n) is 7.51. The average molecular weight is 312 g/mol. The summed E-state index contributed by atoms with van der Waals surface area (Å²) in [6.07, 6.45) is 1.45. The molecule has 0 unspecified atom stereocenters. The molecular weight excluding hydrogens is 292 g/mol. The van der Waals surface area contributed by atoms with Crippen LogP contribution in [0.5, 0.6) is 0 Å². The summed E-state index contributed by atoms with van der Waals surface area (Å²) in [5.41, 5.74) is 2.20. The van der Waals surface area contributed by atoms with Crippen molar-refractivity contribution in [1.82, 2.24) is 9.88 Å². The van der Waals surface area contributed by atoms with Crippen LogP contribution >= 0.6 is 0 Å². The van der Waals surface area contributed by atoms with Crippen LogP contribution in [0.1, 0.15) is 28.5 Å². The van der Waals surface area contributed by atoms with Gasteiger partial charge in [-0.25, -0.2) is 4.79 Å². The highest BCUT2D eigenvalue weighted by Gasteiger charge is 2.15. The van der Waals surface area contributed by atoms with E-state index in [1.165, 1.54) is 6.20 Å². The van der Waals surface area contributed by atoms with Gasteiger partial charge in [-0.05, 0) is 31.5 Å². The molecule has 0 atom stereocenters. The fourth-order valence-corrected chi connectivity index (χ4v) is 2.07. The van der Waals surface area contributed by atoms with Gasteiger partial charge in [-0.1, -0.05) is 30.3 Å². The second-order valence-electron chi connectivity index (χ2n) is 5.16. The van der Waals surface area contributed by atoms with Crippen LogP contribution in [0.3, 0.4) is 0 Å². The number of aryl methyl sites for hydroxylation is 1. The normalized spacial score (nSPS) is 10.2. The summed E-state index contributed by atoms with van der Waals surface area (Å²) in [4.78, 5) is 29.8. The van der Waals surface area contributed by atoms with Crippen LogP contribution < -0.4 is 0 Å². The van der Waals surface area contributed by atoms with E-state index in [2.05, 4.69) is 4.98 Å². The predicted octanol–water partition coefficient (Wildman–Crippen LogP) is 2.60. The molecule has 2 rings (SSSR count). The maximum Gasteiger partial charge on any atom is 0.340 e. The van der Waals surface area contributed by atoms with Gasteiger partial charge in [0.2, 0.25) is 0 Å². The highest BCUT2D eigenvalue weighted by atomic mass is 16.5. The molecular formula is C18H20N2O3. The molecule has 0 fully saturated rings. The lowest BCUT2D eigenvalue weighted by atomic mass is 10.2. The third kappa shape index (κ3) is 4.92. The lowest BCUT2D eigenvalue weighted by Crippen LogP contribution is -2.34. The molecule has 1 aromatic heterocycles. The fourth-order valence-electron chi connectivity index (χ4n) is 2.07. The van der Waals surface area contributed by atoms with E-state index in [1.54, 1.807) is 17.0 Å². The molecule has 23 heavy (non-hydrogen) atoms. The average Bonchev–Trinajstić information content (AvgIpc) is 2.58. The third-order valence-electron chi connectivity index (χ3n) is 3.42. The molecule has 5 nitrogen and oxygen atoms in total. The van der Waals surface area contributed by atoms with Gasteiger partial charge in [-0.15, -0.1) is 0 Å². The molecule has 0 saturated carbocycles. The Hall–Kier alpha value is -2.69. The van der Waals surface area contributed by atoms with Crippen LogP contribution in [0, 0.1) is 6.92 Å². The van der Waals surface area contributed by atoms with Crippen LogP contribution in [0.2, 0.25) is 0 Å². The molecule has 0 aliphatic carbocycles. The topological polar surface area (TPSA) is 59.5 Å². The summed E-state index contributed by atoms with van der Waals surface area (Å²) in [6.45, 7) is 4.51. The van der Waals surface area contributed by atoms with E-state index >= 15 is 0 Å². The summed E-state index contributed by atoms with van der Waals surface area (Å²) in [7, 11) is 0. The molecule has 1 aromatic carbocycles. The van der Waals surface area contributed by atoms with Gasteiger partial charge in [-0.2, -0.15) is 0 Å². The van der Waals surface area contributed by atoms with Crippen molar-refractivity contribution >= 4 is 11.9 Å². The largest absolute Gasteiger partial charge is 0.452 e. The molecule has 0 N–H and O–H groups in total. The van der Waals surface area contributed by atoms with Gasteiger partial charge in [-0.3, -0.25) is 9.78 Å². The number of carbonyl (C=O) groups is 2. The number of likely N-dealkylation sites (N-methyl/N-ethyl adjacent to an activating group) is 1. The second kappa shape index (κ2) is 8.08. The molecule has 0 saturated heterocycles. The Labute approximate surface area is 135 Å². The van der Waals surface area contributed by atoms with Gasteiger partial charge in [0.15, 0.2) is 6.61 Å². The zero-order valence-corrected chi connectivity index (χ0v) is 13.4. The number of pyridine rings is 1. The number of hydrogen-bond donors (Lipinski definition) is 0. The van der Waals surface area contributed by atoms with Crippen LogP contribution in [-0.2, 0) is 16.1 Å². The Balaban J connectivity index is 1.89. The van der Waals surface area contributed by atoms with E-state index in [-0.39, 0.29) is 12.5 Å². The molecule has 1 heterocycles. The Kier molecular flexibility index (Phi) is 5.86. The first-order valence-corrected chi connectivity index (χ1v) is 7.51. The number of carbonyl (C=O) groups excluding carboxylic acids is 2. The van der Waals surface area contributed by atoms with E-state index in [4.69, 9.17) is 4.74 Å². The van der Waals surface area contributed by atoms with Crippen LogP contribution in [0.15, 0.2) is 48.7 Å². The van der Waals surface area contributed by atoms with E-state index in [0.29, 0.717) is 18.7 Å². The lowest BCUT2D eigenvalue weighted by molar-refractivity contribution is -0.134. The molecule has 0 aliphatic heterocycles. The minimum atomic E-state index is -0.540. The molecule has 120 valence electrons. The van der Waals surface area contributed by atoms with Crippen molar-refractivity contribution in [3.05, 3.63) is 65.5 Å². The third-order valence-corrected chi connectivity index (χ3v) is 3.42. The van der Waals surface area contributed by atoms with Crippen LogP contribution in [-0.4, -0.2) is 34.9 Å². The summed E-state index contributed by atoms with van der Waals surface area (Å²) < 4.78 is 5.08. The molecule has 0 aliphatic rings. The Morgan fingerprint density at radius 2 is 1.87 bits per heavy atom. The maximum absolute atomic E-state index is 12.2. The van der Waals surface area contributed by atoms with E-state index < -0.39 is 5.97 Å². The van der Waals surface area contributed by atoms with Crippen molar-refractivity contribution in [2.75, 3.05) is 13.2 Å². The molecule has 0 spiro atoms. The number of nitrogens with zero attached hydrogens (tertiary/aromatic N) is 2. The number of benzene rings is 1. The van der Waals surface area contributed by atoms with Crippen LogP contribution in [0.25, 0.3) is 0 Å². The van der Waals surface area contributed by atoms with Crippen LogP contribution in [0.4, 0.5) is 0 Å². The Bertz CT molecular complexity index is 654. The van der Waals surface area contributed by atoms with Crippen molar-refractivity contribution < 1.29 is 14.3 Å². The van der Waals surface area contributed by atoms with Gasteiger partial charge in [0.25, 0.3) is 5.91 Å². The van der Waals surface area contributed by atoms with Gasteiger partial charge in [0.1, 0.15) is 0 Å². The fraction of sp³-hybridized carbons (Fsp3) is 0.278. The molecule has 5 heteroatoms. The quantitative estimate of drug-likeness (QED) is 0.769. The Morgan fingerprint density at radius 3 is 2.48 bits per heavy atom. The summed E-state index contributed by atoms with van der Waals surface area (Å²) >= 11 is 0. The van der Waals surface area contributed by atoms with Crippen molar-refractivity contribution in [1.29, 1.82) is 0 Å². The highest BCUT2D eigenvalue weighted by molar-refractivity contribution is 5.91. The van der Waals surface area contributed by atoms with Crippen molar-refractivity contribution in [3.8, 4) is 0 Å². The second-order valence-corrected chi connectivity index (χ2v) is 5.16. The van der Waals surface area contributed by atoms with E-state index in [9.17, 15) is 9.59 Å². The Morgan fingerprint density at radius 1 is 1.13 bits per heavy atom. The summed E-state index contributed by atoms with van der Waals surface area (Å²) in [6, 6.07) is 13.1. The molecule has 0 bridgehead atoms. The van der Waals surface area contributed by atoms with Gasteiger partial charge >= 0.3 is 5.97 Å². The number of aromatic nitrogens is 1. The van der Waals surface area contributed by atoms with Gasteiger partial charge in [0.05, 0.1) is 5.56 Å². The highest BCUT2D eigenvalue weighted by Crippen LogP contribution is 2.06.